The summed E-state index contributed by atoms with van der Waals surface area (Å²) in [6, 6.07) is 13.5. The van der Waals surface area contributed by atoms with Gasteiger partial charge in [-0.05, 0) is 36.9 Å². The summed E-state index contributed by atoms with van der Waals surface area (Å²) in [4.78, 5) is 18.3. The molecule has 1 amide bonds. The van der Waals surface area contributed by atoms with E-state index in [1.165, 1.54) is 0 Å². The van der Waals surface area contributed by atoms with Crippen molar-refractivity contribution in [2.24, 2.45) is 5.10 Å². The molecule has 0 aliphatic carbocycles. The van der Waals surface area contributed by atoms with Gasteiger partial charge in [0.1, 0.15) is 0 Å². The zero-order valence-corrected chi connectivity index (χ0v) is 13.9. The smallest absolute Gasteiger partial charge is 0.267 e. The predicted octanol–water partition coefficient (Wildman–Crippen LogP) is 4.48. The number of amides is 1. The van der Waals surface area contributed by atoms with Crippen molar-refractivity contribution in [3.05, 3.63) is 53.4 Å². The van der Waals surface area contributed by atoms with E-state index in [1.54, 1.807) is 11.3 Å². The average molecular weight is 323 g/mol. The molecule has 0 bridgehead atoms. The number of benzene rings is 1. The maximum absolute atomic E-state index is 12.6. The number of fused-ring (bicyclic) bond motifs is 1. The van der Waals surface area contributed by atoms with Gasteiger partial charge < -0.3 is 0 Å². The van der Waals surface area contributed by atoms with Crippen LogP contribution in [0.4, 0.5) is 0 Å². The number of hydrogen-bond donors (Lipinski definition) is 1. The Morgan fingerprint density at radius 3 is 2.83 bits per heavy atom. The minimum atomic E-state index is -0.214. The lowest BCUT2D eigenvalue weighted by Crippen LogP contribution is -2.19. The van der Waals surface area contributed by atoms with E-state index in [0.717, 1.165) is 33.6 Å². The Morgan fingerprint density at radius 2 is 2.09 bits per heavy atom. The van der Waals surface area contributed by atoms with Gasteiger partial charge in [0.2, 0.25) is 0 Å². The summed E-state index contributed by atoms with van der Waals surface area (Å²) in [7, 11) is 0. The molecule has 0 aliphatic heterocycles. The summed E-state index contributed by atoms with van der Waals surface area (Å²) in [5.41, 5.74) is 5.72. The number of nitrogens with one attached hydrogen (secondary N) is 1. The van der Waals surface area contributed by atoms with Crippen LogP contribution in [0, 0.1) is 0 Å². The van der Waals surface area contributed by atoms with E-state index in [9.17, 15) is 4.79 Å². The second-order valence-corrected chi connectivity index (χ2v) is 6.14. The fourth-order valence-electron chi connectivity index (χ4n) is 2.20. The van der Waals surface area contributed by atoms with E-state index in [2.05, 4.69) is 15.5 Å². The number of pyridine rings is 1. The zero-order valence-electron chi connectivity index (χ0n) is 13.0. The highest BCUT2D eigenvalue weighted by Gasteiger charge is 2.14. The van der Waals surface area contributed by atoms with Crippen LogP contribution in [0.25, 0.3) is 21.5 Å². The van der Waals surface area contributed by atoms with Crippen molar-refractivity contribution in [2.75, 3.05) is 0 Å². The summed E-state index contributed by atoms with van der Waals surface area (Å²) in [6.45, 7) is 3.89. The second kappa shape index (κ2) is 6.71. The van der Waals surface area contributed by atoms with Crippen molar-refractivity contribution in [2.45, 2.75) is 20.3 Å². The van der Waals surface area contributed by atoms with Gasteiger partial charge in [-0.15, -0.1) is 11.3 Å². The van der Waals surface area contributed by atoms with Gasteiger partial charge in [-0.3, -0.25) is 4.79 Å². The number of rotatable bonds is 4. The minimum Gasteiger partial charge on any atom is -0.267 e. The van der Waals surface area contributed by atoms with E-state index >= 15 is 0 Å². The van der Waals surface area contributed by atoms with Gasteiger partial charge in [-0.25, -0.2) is 10.4 Å². The van der Waals surface area contributed by atoms with Gasteiger partial charge in [0.25, 0.3) is 5.91 Å². The molecule has 0 fully saturated rings. The Hall–Kier alpha value is -2.53. The van der Waals surface area contributed by atoms with E-state index < -0.39 is 0 Å². The first-order valence-electron chi connectivity index (χ1n) is 7.46. The van der Waals surface area contributed by atoms with Crippen molar-refractivity contribution in [1.82, 2.24) is 10.4 Å². The third kappa shape index (κ3) is 3.29. The number of hydrogen-bond acceptors (Lipinski definition) is 4. The van der Waals surface area contributed by atoms with Crippen LogP contribution in [-0.2, 0) is 0 Å². The molecule has 5 heteroatoms. The maximum Gasteiger partial charge on any atom is 0.272 e. The summed E-state index contributed by atoms with van der Waals surface area (Å²) in [5, 5.41) is 6.95. The topological polar surface area (TPSA) is 54.4 Å². The van der Waals surface area contributed by atoms with Crippen LogP contribution < -0.4 is 5.43 Å². The Morgan fingerprint density at radius 1 is 1.26 bits per heavy atom. The average Bonchev–Trinajstić information content (AvgIpc) is 3.13. The van der Waals surface area contributed by atoms with Crippen LogP contribution in [0.2, 0.25) is 0 Å². The molecule has 4 nitrogen and oxygen atoms in total. The van der Waals surface area contributed by atoms with Crippen LogP contribution in [-0.4, -0.2) is 16.6 Å². The number of carbonyl (C=O) groups excluding carboxylic acids is 1. The van der Waals surface area contributed by atoms with Crippen molar-refractivity contribution < 1.29 is 4.79 Å². The van der Waals surface area contributed by atoms with Crippen LogP contribution in [0.5, 0.6) is 0 Å². The molecule has 0 saturated carbocycles. The van der Waals surface area contributed by atoms with Gasteiger partial charge in [0.15, 0.2) is 0 Å². The summed E-state index contributed by atoms with van der Waals surface area (Å²) < 4.78 is 0. The number of para-hydroxylation sites is 1. The standard InChI is InChI=1S/C18H17N3OS/c1-3-12(2)20-21-18(22)14-11-16(17-9-6-10-23-17)19-15-8-5-4-7-13(14)15/h4-11H,3H2,1-2H3,(H,21,22)/b20-12+. The second-order valence-electron chi connectivity index (χ2n) is 5.19. The van der Waals surface area contributed by atoms with Crippen LogP contribution in [0.15, 0.2) is 52.9 Å². The molecule has 2 aromatic heterocycles. The molecule has 2 heterocycles. The first-order valence-corrected chi connectivity index (χ1v) is 8.34. The first kappa shape index (κ1) is 15.4. The van der Waals surface area contributed by atoms with Crippen molar-refractivity contribution in [1.29, 1.82) is 0 Å². The fraction of sp³-hybridized carbons (Fsp3) is 0.167. The predicted molar refractivity (Wildman–Crippen MR) is 95.9 cm³/mol. The lowest BCUT2D eigenvalue weighted by atomic mass is 10.1. The van der Waals surface area contributed by atoms with Crippen molar-refractivity contribution in [3.63, 3.8) is 0 Å². The summed E-state index contributed by atoms with van der Waals surface area (Å²) >= 11 is 1.61. The Kier molecular flexibility index (Phi) is 4.48. The molecule has 0 unspecified atom stereocenters. The molecule has 0 saturated heterocycles. The third-order valence-electron chi connectivity index (χ3n) is 3.59. The molecule has 23 heavy (non-hydrogen) atoms. The van der Waals surface area contributed by atoms with E-state index in [-0.39, 0.29) is 5.91 Å². The van der Waals surface area contributed by atoms with Gasteiger partial charge in [0.05, 0.1) is 21.7 Å². The highest BCUT2D eigenvalue weighted by molar-refractivity contribution is 7.13. The molecular weight excluding hydrogens is 306 g/mol. The molecule has 0 aliphatic rings. The lowest BCUT2D eigenvalue weighted by molar-refractivity contribution is 0.0956. The molecule has 0 radical (unpaired) electrons. The summed E-state index contributed by atoms with van der Waals surface area (Å²) in [5.74, 6) is -0.214. The van der Waals surface area contributed by atoms with Gasteiger partial charge >= 0.3 is 0 Å². The summed E-state index contributed by atoms with van der Waals surface area (Å²) in [6.07, 6.45) is 0.803. The quantitative estimate of drug-likeness (QED) is 0.568. The zero-order chi connectivity index (χ0) is 16.2. The SMILES string of the molecule is CC/C(C)=N/NC(=O)c1cc(-c2cccs2)nc2ccccc12. The third-order valence-corrected chi connectivity index (χ3v) is 4.49. The maximum atomic E-state index is 12.6. The minimum absolute atomic E-state index is 0.214. The van der Waals surface area contributed by atoms with E-state index in [4.69, 9.17) is 0 Å². The number of aromatic nitrogens is 1. The molecule has 0 atom stereocenters. The first-order chi connectivity index (χ1) is 11.2. The van der Waals surface area contributed by atoms with Crippen LogP contribution >= 0.6 is 11.3 Å². The highest BCUT2D eigenvalue weighted by Crippen LogP contribution is 2.27. The van der Waals surface area contributed by atoms with Gasteiger partial charge in [-0.2, -0.15) is 5.10 Å². The Balaban J connectivity index is 2.09. The fourth-order valence-corrected chi connectivity index (χ4v) is 2.89. The number of carbonyl (C=O) groups is 1. The largest absolute Gasteiger partial charge is 0.272 e. The molecule has 1 N–H and O–H groups in total. The van der Waals surface area contributed by atoms with E-state index in [0.29, 0.717) is 5.56 Å². The Bertz CT molecular complexity index is 869. The van der Waals surface area contributed by atoms with E-state index in [1.807, 2.05) is 61.7 Å². The molecule has 1 aromatic carbocycles. The molecule has 3 rings (SSSR count). The lowest BCUT2D eigenvalue weighted by Gasteiger charge is -2.08. The van der Waals surface area contributed by atoms with Gasteiger partial charge in [0, 0.05) is 11.1 Å². The molecular formula is C18H17N3OS. The highest BCUT2D eigenvalue weighted by atomic mass is 32.1. The molecule has 3 aromatic rings. The van der Waals surface area contributed by atoms with Crippen molar-refractivity contribution in [3.8, 4) is 10.6 Å². The monoisotopic (exact) mass is 323 g/mol. The van der Waals surface area contributed by atoms with Gasteiger partial charge in [-0.1, -0.05) is 31.2 Å². The number of thiophene rings is 1. The normalized spacial score (nSPS) is 11.7. The number of nitrogens with zero attached hydrogens (tertiary/aromatic N) is 2. The van der Waals surface area contributed by atoms with Crippen molar-refractivity contribution >= 4 is 33.9 Å². The Labute approximate surface area is 138 Å². The molecule has 0 spiro atoms. The van der Waals surface area contributed by atoms with Crippen LogP contribution in [0.1, 0.15) is 30.6 Å². The molecule has 116 valence electrons. The number of hydrazone groups is 1. The van der Waals surface area contributed by atoms with Crippen LogP contribution in [0.3, 0.4) is 0 Å².